The fourth-order valence-electron chi connectivity index (χ4n) is 3.29. The Kier molecular flexibility index (Phi) is 5.69. The van der Waals surface area contributed by atoms with E-state index in [0.717, 1.165) is 32.2 Å². The van der Waals surface area contributed by atoms with Crippen molar-refractivity contribution in [3.05, 3.63) is 0 Å². The molecule has 0 aromatic rings. The minimum Gasteiger partial charge on any atom is -0.393 e. The van der Waals surface area contributed by atoms with Gasteiger partial charge in [-0.3, -0.25) is 4.90 Å². The van der Waals surface area contributed by atoms with Crippen LogP contribution in [0.3, 0.4) is 0 Å². The van der Waals surface area contributed by atoms with Gasteiger partial charge in [-0.25, -0.2) is 0 Å². The molecule has 0 radical (unpaired) electrons. The maximum atomic E-state index is 12.3. The van der Waals surface area contributed by atoms with Crippen LogP contribution in [0, 0.1) is 5.92 Å². The van der Waals surface area contributed by atoms with E-state index in [9.17, 15) is 18.3 Å². The van der Waals surface area contributed by atoms with Crippen molar-refractivity contribution < 1.29 is 18.3 Å². The maximum absolute atomic E-state index is 12.3. The first-order valence-corrected chi connectivity index (χ1v) is 7.63. The fourth-order valence-corrected chi connectivity index (χ4v) is 3.29. The van der Waals surface area contributed by atoms with Gasteiger partial charge in [-0.1, -0.05) is 19.3 Å². The standard InChI is InChI=1S/C14H25F3N2O/c15-14(16,17)11-19-8-6-18(7-9-19)10-12-4-2-1-3-5-13(12)20/h12-13,20H,1-11H2. The molecule has 1 aliphatic carbocycles. The van der Waals surface area contributed by atoms with E-state index in [1.165, 1.54) is 11.3 Å². The molecule has 1 saturated carbocycles. The van der Waals surface area contributed by atoms with Gasteiger partial charge < -0.3 is 10.0 Å². The first kappa shape index (κ1) is 16.0. The highest BCUT2D eigenvalue weighted by atomic mass is 19.4. The van der Waals surface area contributed by atoms with Gasteiger partial charge in [-0.2, -0.15) is 13.2 Å². The molecule has 2 unspecified atom stereocenters. The molecule has 1 saturated heterocycles. The number of piperazine rings is 1. The Bertz CT molecular complexity index is 291. The molecule has 1 N–H and O–H groups in total. The van der Waals surface area contributed by atoms with E-state index >= 15 is 0 Å². The Hall–Kier alpha value is -0.330. The van der Waals surface area contributed by atoms with Crippen molar-refractivity contribution in [1.82, 2.24) is 9.80 Å². The van der Waals surface area contributed by atoms with Gasteiger partial charge in [-0.05, 0) is 18.8 Å². The molecule has 1 aliphatic heterocycles. The molecule has 0 aromatic heterocycles. The van der Waals surface area contributed by atoms with E-state index in [1.807, 2.05) is 0 Å². The van der Waals surface area contributed by atoms with Crippen LogP contribution in [-0.4, -0.2) is 66.5 Å². The van der Waals surface area contributed by atoms with Crippen LogP contribution in [0.1, 0.15) is 32.1 Å². The first-order valence-electron chi connectivity index (χ1n) is 7.63. The van der Waals surface area contributed by atoms with Crippen molar-refractivity contribution in [3.63, 3.8) is 0 Å². The predicted molar refractivity (Wildman–Crippen MR) is 71.5 cm³/mol. The molecule has 2 rings (SSSR count). The summed E-state index contributed by atoms with van der Waals surface area (Å²) in [5.41, 5.74) is 0. The van der Waals surface area contributed by atoms with Crippen molar-refractivity contribution in [2.75, 3.05) is 39.3 Å². The van der Waals surface area contributed by atoms with Crippen molar-refractivity contribution in [3.8, 4) is 0 Å². The highest BCUT2D eigenvalue weighted by Crippen LogP contribution is 2.25. The summed E-state index contributed by atoms with van der Waals surface area (Å²) in [4.78, 5) is 3.69. The van der Waals surface area contributed by atoms with Gasteiger partial charge in [-0.15, -0.1) is 0 Å². The Morgan fingerprint density at radius 2 is 1.50 bits per heavy atom. The molecular formula is C14H25F3N2O. The number of aliphatic hydroxyl groups excluding tert-OH is 1. The molecule has 2 fully saturated rings. The number of hydrogen-bond acceptors (Lipinski definition) is 3. The molecular weight excluding hydrogens is 269 g/mol. The summed E-state index contributed by atoms with van der Waals surface area (Å²) in [6.45, 7) is 2.34. The second kappa shape index (κ2) is 7.09. The summed E-state index contributed by atoms with van der Waals surface area (Å²) >= 11 is 0. The van der Waals surface area contributed by atoms with Gasteiger partial charge in [0.15, 0.2) is 0 Å². The zero-order valence-corrected chi connectivity index (χ0v) is 11.9. The van der Waals surface area contributed by atoms with E-state index in [0.29, 0.717) is 32.1 Å². The highest BCUT2D eigenvalue weighted by molar-refractivity contribution is 4.80. The number of hydrogen-bond donors (Lipinski definition) is 1. The van der Waals surface area contributed by atoms with Crippen molar-refractivity contribution in [2.24, 2.45) is 5.92 Å². The summed E-state index contributed by atoms with van der Waals surface area (Å²) in [6, 6.07) is 0. The Labute approximate surface area is 118 Å². The maximum Gasteiger partial charge on any atom is 0.401 e. The second-order valence-corrected chi connectivity index (χ2v) is 6.16. The monoisotopic (exact) mass is 294 g/mol. The van der Waals surface area contributed by atoms with E-state index in [1.54, 1.807) is 0 Å². The molecule has 1 heterocycles. The van der Waals surface area contributed by atoms with Crippen LogP contribution in [0.25, 0.3) is 0 Å². The van der Waals surface area contributed by atoms with E-state index in [4.69, 9.17) is 0 Å². The van der Waals surface area contributed by atoms with E-state index in [2.05, 4.69) is 4.90 Å². The number of alkyl halides is 3. The minimum absolute atomic E-state index is 0.231. The highest BCUT2D eigenvalue weighted by Gasteiger charge is 2.33. The van der Waals surface area contributed by atoms with Crippen LogP contribution < -0.4 is 0 Å². The molecule has 118 valence electrons. The largest absolute Gasteiger partial charge is 0.401 e. The summed E-state index contributed by atoms with van der Waals surface area (Å²) in [5, 5.41) is 10.1. The molecule has 20 heavy (non-hydrogen) atoms. The summed E-state index contributed by atoms with van der Waals surface area (Å²) in [5.74, 6) is 0.298. The SMILES string of the molecule is OC1CCCCCC1CN1CCN(CC(F)(F)F)CC1. The fraction of sp³-hybridized carbons (Fsp3) is 1.00. The quantitative estimate of drug-likeness (QED) is 0.808. The molecule has 2 aliphatic rings. The Morgan fingerprint density at radius 1 is 0.900 bits per heavy atom. The molecule has 0 aromatic carbocycles. The zero-order valence-electron chi connectivity index (χ0n) is 11.9. The second-order valence-electron chi connectivity index (χ2n) is 6.16. The van der Waals surface area contributed by atoms with Crippen LogP contribution >= 0.6 is 0 Å². The lowest BCUT2D eigenvalue weighted by Gasteiger charge is -2.37. The third-order valence-corrected chi connectivity index (χ3v) is 4.48. The molecule has 6 heteroatoms. The van der Waals surface area contributed by atoms with Gasteiger partial charge in [0.1, 0.15) is 0 Å². The van der Waals surface area contributed by atoms with Crippen molar-refractivity contribution in [1.29, 1.82) is 0 Å². The van der Waals surface area contributed by atoms with Crippen LogP contribution in [0.2, 0.25) is 0 Å². The third kappa shape index (κ3) is 5.22. The zero-order chi connectivity index (χ0) is 14.6. The molecule has 0 spiro atoms. The number of rotatable bonds is 3. The van der Waals surface area contributed by atoms with Gasteiger partial charge in [0.2, 0.25) is 0 Å². The van der Waals surface area contributed by atoms with Crippen LogP contribution in [0.4, 0.5) is 13.2 Å². The third-order valence-electron chi connectivity index (χ3n) is 4.48. The van der Waals surface area contributed by atoms with Crippen molar-refractivity contribution >= 4 is 0 Å². The Balaban J connectivity index is 1.73. The smallest absolute Gasteiger partial charge is 0.393 e. The molecule has 3 nitrogen and oxygen atoms in total. The average molecular weight is 294 g/mol. The van der Waals surface area contributed by atoms with Crippen LogP contribution in [0.15, 0.2) is 0 Å². The first-order chi connectivity index (χ1) is 9.44. The number of nitrogens with zero attached hydrogens (tertiary/aromatic N) is 2. The van der Waals surface area contributed by atoms with Crippen LogP contribution in [0.5, 0.6) is 0 Å². The normalized spacial score (nSPS) is 31.2. The lowest BCUT2D eigenvalue weighted by molar-refractivity contribution is -0.149. The average Bonchev–Trinajstić information content (AvgIpc) is 2.56. The van der Waals surface area contributed by atoms with Gasteiger partial charge in [0.05, 0.1) is 12.6 Å². The lowest BCUT2D eigenvalue weighted by Crippen LogP contribution is -2.50. The molecule has 0 amide bonds. The van der Waals surface area contributed by atoms with Gasteiger partial charge in [0.25, 0.3) is 0 Å². The van der Waals surface area contributed by atoms with Gasteiger partial charge in [0, 0.05) is 32.7 Å². The summed E-state index contributed by atoms with van der Waals surface area (Å²) in [7, 11) is 0. The summed E-state index contributed by atoms with van der Waals surface area (Å²) < 4.78 is 37.0. The number of aliphatic hydroxyl groups is 1. The lowest BCUT2D eigenvalue weighted by atomic mass is 9.96. The number of halogens is 3. The van der Waals surface area contributed by atoms with E-state index in [-0.39, 0.29) is 6.10 Å². The topological polar surface area (TPSA) is 26.7 Å². The molecule has 0 bridgehead atoms. The van der Waals surface area contributed by atoms with E-state index < -0.39 is 12.7 Å². The summed E-state index contributed by atoms with van der Waals surface area (Å²) in [6.07, 6.45) is 1.04. The van der Waals surface area contributed by atoms with Gasteiger partial charge >= 0.3 is 6.18 Å². The van der Waals surface area contributed by atoms with Crippen LogP contribution in [-0.2, 0) is 0 Å². The van der Waals surface area contributed by atoms with Crippen molar-refractivity contribution in [2.45, 2.75) is 44.4 Å². The predicted octanol–water partition coefficient (Wildman–Crippen LogP) is 2.11. The molecule has 2 atom stereocenters. The minimum atomic E-state index is -4.10. The Morgan fingerprint density at radius 3 is 2.15 bits per heavy atom.